The standard InChI is InChI=1S/C26H30N2O4S/c1-19-10-12-21(3)23(16-19)27-26(29)18-28(15-14-22-8-6-5-7-9-22)33(30,31)25-17-20(2)11-13-24(25)32-4/h5-13,16-17H,14-15,18H2,1-4H3,(H,27,29). The van der Waals surface area contributed by atoms with Crippen molar-refractivity contribution in [1.29, 1.82) is 0 Å². The topological polar surface area (TPSA) is 75.7 Å². The highest BCUT2D eigenvalue weighted by molar-refractivity contribution is 7.89. The molecule has 33 heavy (non-hydrogen) atoms. The van der Waals surface area contributed by atoms with Gasteiger partial charge >= 0.3 is 0 Å². The summed E-state index contributed by atoms with van der Waals surface area (Å²) in [7, 11) is -2.56. The Hall–Kier alpha value is -3.16. The number of methoxy groups -OCH3 is 1. The third-order valence-corrected chi connectivity index (χ3v) is 7.28. The molecule has 1 amide bonds. The summed E-state index contributed by atoms with van der Waals surface area (Å²) in [5, 5.41) is 2.87. The molecule has 1 N–H and O–H groups in total. The van der Waals surface area contributed by atoms with E-state index in [1.165, 1.54) is 11.4 Å². The van der Waals surface area contributed by atoms with E-state index in [4.69, 9.17) is 4.74 Å². The fourth-order valence-corrected chi connectivity index (χ4v) is 5.17. The predicted octanol–water partition coefficient (Wildman–Crippen LogP) is 4.49. The van der Waals surface area contributed by atoms with Gasteiger partial charge in [-0.2, -0.15) is 4.31 Å². The van der Waals surface area contributed by atoms with Crippen LogP contribution in [0.2, 0.25) is 0 Å². The van der Waals surface area contributed by atoms with Gasteiger partial charge in [0.25, 0.3) is 0 Å². The molecule has 0 aliphatic carbocycles. The van der Waals surface area contributed by atoms with Crippen LogP contribution in [-0.2, 0) is 21.2 Å². The number of hydrogen-bond donors (Lipinski definition) is 1. The third-order valence-electron chi connectivity index (χ3n) is 5.42. The highest BCUT2D eigenvalue weighted by Gasteiger charge is 2.29. The summed E-state index contributed by atoms with van der Waals surface area (Å²) in [5.74, 6) is -0.146. The fraction of sp³-hybridized carbons (Fsp3) is 0.269. The number of nitrogens with zero attached hydrogens (tertiary/aromatic N) is 1. The molecule has 7 heteroatoms. The monoisotopic (exact) mass is 466 g/mol. The second kappa shape index (κ2) is 10.6. The van der Waals surface area contributed by atoms with E-state index in [-0.39, 0.29) is 23.7 Å². The number of carbonyl (C=O) groups excluding carboxylic acids is 1. The number of ether oxygens (including phenoxy) is 1. The molecule has 0 fully saturated rings. The average Bonchev–Trinajstić information content (AvgIpc) is 2.79. The first-order valence-electron chi connectivity index (χ1n) is 10.8. The van der Waals surface area contributed by atoms with Crippen molar-refractivity contribution < 1.29 is 17.9 Å². The van der Waals surface area contributed by atoms with Crippen LogP contribution in [0.5, 0.6) is 5.75 Å². The van der Waals surface area contributed by atoms with Gasteiger partial charge in [-0.05, 0) is 67.6 Å². The number of rotatable bonds is 9. The summed E-state index contributed by atoms with van der Waals surface area (Å²) in [5.41, 5.74) is 4.37. The molecule has 0 atom stereocenters. The first kappa shape index (κ1) is 24.5. The van der Waals surface area contributed by atoms with Crippen LogP contribution < -0.4 is 10.1 Å². The molecular weight excluding hydrogens is 436 g/mol. The Morgan fingerprint density at radius 1 is 0.939 bits per heavy atom. The molecule has 0 spiro atoms. The summed E-state index contributed by atoms with van der Waals surface area (Å²) in [4.78, 5) is 13.0. The van der Waals surface area contributed by atoms with Crippen molar-refractivity contribution in [1.82, 2.24) is 4.31 Å². The van der Waals surface area contributed by atoms with E-state index in [0.717, 1.165) is 22.3 Å². The molecule has 6 nitrogen and oxygen atoms in total. The minimum atomic E-state index is -3.99. The molecule has 0 unspecified atom stereocenters. The maximum Gasteiger partial charge on any atom is 0.247 e. The molecule has 0 heterocycles. The summed E-state index contributed by atoms with van der Waals surface area (Å²) in [6.45, 7) is 5.51. The van der Waals surface area contributed by atoms with E-state index in [9.17, 15) is 13.2 Å². The number of sulfonamides is 1. The van der Waals surface area contributed by atoms with Gasteiger partial charge in [-0.1, -0.05) is 48.5 Å². The zero-order valence-corrected chi connectivity index (χ0v) is 20.3. The minimum absolute atomic E-state index is 0.0533. The van der Waals surface area contributed by atoms with Crippen LogP contribution in [-0.4, -0.2) is 38.8 Å². The van der Waals surface area contributed by atoms with E-state index < -0.39 is 15.9 Å². The zero-order valence-electron chi connectivity index (χ0n) is 19.5. The highest BCUT2D eigenvalue weighted by atomic mass is 32.2. The van der Waals surface area contributed by atoms with Gasteiger partial charge in [0, 0.05) is 12.2 Å². The molecule has 0 bridgehead atoms. The Morgan fingerprint density at radius 3 is 2.30 bits per heavy atom. The van der Waals surface area contributed by atoms with Crippen molar-refractivity contribution in [3.05, 3.63) is 89.0 Å². The maximum absolute atomic E-state index is 13.7. The van der Waals surface area contributed by atoms with Crippen LogP contribution in [0.25, 0.3) is 0 Å². The lowest BCUT2D eigenvalue weighted by atomic mass is 10.1. The molecule has 0 radical (unpaired) electrons. The molecule has 0 saturated carbocycles. The van der Waals surface area contributed by atoms with Crippen molar-refractivity contribution in [2.45, 2.75) is 32.1 Å². The first-order valence-corrected chi connectivity index (χ1v) is 12.2. The lowest BCUT2D eigenvalue weighted by molar-refractivity contribution is -0.116. The van der Waals surface area contributed by atoms with Crippen molar-refractivity contribution in [3.63, 3.8) is 0 Å². The molecule has 0 aliphatic heterocycles. The Bertz CT molecular complexity index is 1220. The Labute approximate surface area is 196 Å². The third kappa shape index (κ3) is 6.21. The zero-order chi connectivity index (χ0) is 24.0. The van der Waals surface area contributed by atoms with Crippen LogP contribution in [0.3, 0.4) is 0 Å². The highest BCUT2D eigenvalue weighted by Crippen LogP contribution is 2.28. The Kier molecular flexibility index (Phi) is 7.89. The van der Waals surface area contributed by atoms with Gasteiger partial charge in [0.1, 0.15) is 10.6 Å². The van der Waals surface area contributed by atoms with E-state index in [0.29, 0.717) is 12.1 Å². The van der Waals surface area contributed by atoms with Gasteiger partial charge in [-0.15, -0.1) is 0 Å². The molecule has 3 rings (SSSR count). The number of amides is 1. The molecule has 0 aliphatic rings. The van der Waals surface area contributed by atoms with Gasteiger partial charge in [0.15, 0.2) is 0 Å². The summed E-state index contributed by atoms with van der Waals surface area (Å²) >= 11 is 0. The van der Waals surface area contributed by atoms with E-state index in [1.807, 2.05) is 69.3 Å². The minimum Gasteiger partial charge on any atom is -0.495 e. The average molecular weight is 467 g/mol. The number of aryl methyl sites for hydroxylation is 3. The largest absolute Gasteiger partial charge is 0.495 e. The van der Waals surface area contributed by atoms with Crippen molar-refractivity contribution >= 4 is 21.6 Å². The first-order chi connectivity index (χ1) is 15.7. The molecule has 3 aromatic rings. The van der Waals surface area contributed by atoms with Crippen LogP contribution in [0, 0.1) is 20.8 Å². The lowest BCUT2D eigenvalue weighted by Gasteiger charge is -2.23. The Balaban J connectivity index is 1.91. The lowest BCUT2D eigenvalue weighted by Crippen LogP contribution is -2.39. The number of carbonyl (C=O) groups is 1. The van der Waals surface area contributed by atoms with E-state index in [1.54, 1.807) is 18.2 Å². The quantitative estimate of drug-likeness (QED) is 0.504. The summed E-state index contributed by atoms with van der Waals surface area (Å²) in [6, 6.07) is 20.4. The van der Waals surface area contributed by atoms with Gasteiger partial charge < -0.3 is 10.1 Å². The van der Waals surface area contributed by atoms with E-state index >= 15 is 0 Å². The second-order valence-electron chi connectivity index (χ2n) is 8.10. The van der Waals surface area contributed by atoms with Crippen LogP contribution in [0.15, 0.2) is 71.6 Å². The predicted molar refractivity (Wildman–Crippen MR) is 131 cm³/mol. The Morgan fingerprint density at radius 2 is 1.61 bits per heavy atom. The smallest absolute Gasteiger partial charge is 0.247 e. The second-order valence-corrected chi connectivity index (χ2v) is 10.0. The maximum atomic E-state index is 13.7. The molecule has 3 aromatic carbocycles. The van der Waals surface area contributed by atoms with Gasteiger partial charge in [-0.3, -0.25) is 4.79 Å². The number of anilines is 1. The van der Waals surface area contributed by atoms with Gasteiger partial charge in [-0.25, -0.2) is 8.42 Å². The number of nitrogens with one attached hydrogen (secondary N) is 1. The fourth-order valence-electron chi connectivity index (χ4n) is 3.53. The van der Waals surface area contributed by atoms with Crippen LogP contribution >= 0.6 is 0 Å². The van der Waals surface area contributed by atoms with Crippen LogP contribution in [0.1, 0.15) is 22.3 Å². The van der Waals surface area contributed by atoms with Crippen LogP contribution in [0.4, 0.5) is 5.69 Å². The SMILES string of the molecule is COc1ccc(C)cc1S(=O)(=O)N(CCc1ccccc1)CC(=O)Nc1cc(C)ccc1C. The summed E-state index contributed by atoms with van der Waals surface area (Å²) in [6.07, 6.45) is 0.477. The molecule has 174 valence electrons. The van der Waals surface area contributed by atoms with Crippen molar-refractivity contribution in [2.24, 2.45) is 0 Å². The van der Waals surface area contributed by atoms with E-state index in [2.05, 4.69) is 5.32 Å². The molecule has 0 aromatic heterocycles. The van der Waals surface area contributed by atoms with Gasteiger partial charge in [0.2, 0.25) is 15.9 Å². The number of hydrogen-bond acceptors (Lipinski definition) is 4. The van der Waals surface area contributed by atoms with Crippen molar-refractivity contribution in [2.75, 3.05) is 25.5 Å². The molecule has 0 saturated heterocycles. The summed E-state index contributed by atoms with van der Waals surface area (Å²) < 4.78 is 33.9. The normalized spacial score (nSPS) is 11.4. The van der Waals surface area contributed by atoms with Gasteiger partial charge in [0.05, 0.1) is 13.7 Å². The molecular formula is C26H30N2O4S. The number of benzene rings is 3. The van der Waals surface area contributed by atoms with Crippen molar-refractivity contribution in [3.8, 4) is 5.75 Å².